The zero-order valence-electron chi connectivity index (χ0n) is 11.0. The van der Waals surface area contributed by atoms with Crippen molar-refractivity contribution in [2.75, 3.05) is 6.61 Å². The van der Waals surface area contributed by atoms with E-state index in [1.807, 2.05) is 13.8 Å². The summed E-state index contributed by atoms with van der Waals surface area (Å²) in [4.78, 5) is 22.0. The number of hydrogen-bond donors (Lipinski definition) is 0. The van der Waals surface area contributed by atoms with Crippen LogP contribution in [0.15, 0.2) is 0 Å². The van der Waals surface area contributed by atoms with Crippen molar-refractivity contribution in [1.29, 1.82) is 0 Å². The molecule has 0 amide bonds. The summed E-state index contributed by atoms with van der Waals surface area (Å²) in [6.07, 6.45) is -0.834. The van der Waals surface area contributed by atoms with Crippen LogP contribution in [0.4, 0.5) is 0 Å². The van der Waals surface area contributed by atoms with Gasteiger partial charge in [-0.2, -0.15) is 0 Å². The molecule has 0 saturated carbocycles. The number of esters is 2. The number of halogens is 1. The maximum absolute atomic E-state index is 11.1. The largest absolute Gasteiger partial charge is 0.463 e. The molecule has 0 N–H and O–H groups in total. The highest BCUT2D eigenvalue weighted by Crippen LogP contribution is 2.35. The number of hydrogen-bond acceptors (Lipinski definition) is 5. The number of rotatable bonds is 3. The Kier molecular flexibility index (Phi) is 5.59. The first-order valence-corrected chi connectivity index (χ1v) is 6.84. The van der Waals surface area contributed by atoms with E-state index >= 15 is 0 Å². The summed E-state index contributed by atoms with van der Waals surface area (Å²) >= 11 is 3.43. The number of ether oxygens (including phenoxy) is 3. The highest BCUT2D eigenvalue weighted by molar-refractivity contribution is 9.09. The summed E-state index contributed by atoms with van der Waals surface area (Å²) in [5.41, 5.74) is 0. The molecule has 2 unspecified atom stereocenters. The van der Waals surface area contributed by atoms with Gasteiger partial charge < -0.3 is 14.2 Å². The van der Waals surface area contributed by atoms with Crippen molar-refractivity contribution in [2.24, 2.45) is 11.8 Å². The topological polar surface area (TPSA) is 61.8 Å². The summed E-state index contributed by atoms with van der Waals surface area (Å²) in [7, 11) is 0. The third-order valence-corrected chi connectivity index (χ3v) is 4.23. The molecule has 5 atom stereocenters. The maximum Gasteiger partial charge on any atom is 0.303 e. The van der Waals surface area contributed by atoms with E-state index in [9.17, 15) is 9.59 Å². The molecule has 0 aliphatic carbocycles. The molecular weight excluding hydrogens is 304 g/mol. The Balaban J connectivity index is 2.75. The highest BCUT2D eigenvalue weighted by atomic mass is 79.9. The van der Waals surface area contributed by atoms with E-state index < -0.39 is 12.2 Å². The molecule has 0 radical (unpaired) electrons. The molecule has 0 bridgehead atoms. The van der Waals surface area contributed by atoms with Crippen molar-refractivity contribution < 1.29 is 23.8 Å². The lowest BCUT2D eigenvalue weighted by molar-refractivity contribution is -0.190. The average Bonchev–Trinajstić information content (AvgIpc) is 2.27. The van der Waals surface area contributed by atoms with Crippen molar-refractivity contribution >= 4 is 27.9 Å². The van der Waals surface area contributed by atoms with Crippen LogP contribution in [0.2, 0.25) is 0 Å². The first-order valence-electron chi connectivity index (χ1n) is 5.93. The third-order valence-electron chi connectivity index (χ3n) is 3.19. The highest BCUT2D eigenvalue weighted by Gasteiger charge is 2.42. The fourth-order valence-corrected chi connectivity index (χ4v) is 2.71. The molecule has 0 spiro atoms. The molecule has 6 heteroatoms. The van der Waals surface area contributed by atoms with Gasteiger partial charge in [0.1, 0.15) is 23.8 Å². The van der Waals surface area contributed by atoms with Gasteiger partial charge in [0.2, 0.25) is 0 Å². The first-order chi connectivity index (χ1) is 8.32. The predicted octanol–water partition coefficient (Wildman–Crippen LogP) is 1.87. The van der Waals surface area contributed by atoms with Crippen LogP contribution >= 0.6 is 15.9 Å². The smallest absolute Gasteiger partial charge is 0.303 e. The minimum atomic E-state index is -0.437. The quantitative estimate of drug-likeness (QED) is 0.586. The van der Waals surface area contributed by atoms with Gasteiger partial charge in [0.25, 0.3) is 0 Å². The molecule has 1 heterocycles. The molecule has 1 rings (SSSR count). The molecule has 1 fully saturated rings. The Hall–Kier alpha value is -0.620. The summed E-state index contributed by atoms with van der Waals surface area (Å²) in [6.45, 7) is 6.80. The van der Waals surface area contributed by atoms with Crippen LogP contribution < -0.4 is 0 Å². The van der Waals surface area contributed by atoms with Gasteiger partial charge in [-0.05, 0) is 5.92 Å². The van der Waals surface area contributed by atoms with E-state index in [1.54, 1.807) is 0 Å². The fourth-order valence-electron chi connectivity index (χ4n) is 1.95. The first kappa shape index (κ1) is 15.4. The Bertz CT molecular complexity index is 320. The minimum Gasteiger partial charge on any atom is -0.463 e. The van der Waals surface area contributed by atoms with Crippen molar-refractivity contribution in [1.82, 2.24) is 0 Å². The summed E-state index contributed by atoms with van der Waals surface area (Å²) in [6, 6.07) is 0. The van der Waals surface area contributed by atoms with E-state index in [0.29, 0.717) is 0 Å². The van der Waals surface area contributed by atoms with Crippen LogP contribution in [0.5, 0.6) is 0 Å². The summed E-state index contributed by atoms with van der Waals surface area (Å²) in [5.74, 6) is -0.420. The van der Waals surface area contributed by atoms with Crippen LogP contribution in [0.25, 0.3) is 0 Å². The molecule has 1 saturated heterocycles. The fraction of sp³-hybridized carbons (Fsp3) is 0.833. The van der Waals surface area contributed by atoms with E-state index in [1.165, 1.54) is 13.8 Å². The van der Waals surface area contributed by atoms with Gasteiger partial charge in [-0.1, -0.05) is 29.8 Å². The van der Waals surface area contributed by atoms with Gasteiger partial charge in [-0.25, -0.2) is 0 Å². The lowest BCUT2D eigenvalue weighted by Gasteiger charge is -2.41. The number of carbonyl (C=O) groups excluding carboxylic acids is 2. The molecule has 1 aliphatic rings. The lowest BCUT2D eigenvalue weighted by Crippen LogP contribution is -2.51. The Morgan fingerprint density at radius 3 is 2.28 bits per heavy atom. The molecular formula is C12H19BrO5. The predicted molar refractivity (Wildman–Crippen MR) is 68.1 cm³/mol. The number of carbonyl (C=O) groups is 2. The van der Waals surface area contributed by atoms with E-state index in [0.717, 1.165) is 0 Å². The third kappa shape index (κ3) is 3.95. The van der Waals surface area contributed by atoms with Crippen LogP contribution in [0.1, 0.15) is 27.7 Å². The SMILES string of the molecule is CC(=O)OCC1O[C@H](Br)[C@@H](C)C(C)[C@H]1OC(C)=O. The van der Waals surface area contributed by atoms with E-state index in [2.05, 4.69) is 15.9 Å². The Morgan fingerprint density at radius 1 is 1.17 bits per heavy atom. The summed E-state index contributed by atoms with van der Waals surface area (Å²) < 4.78 is 15.9. The van der Waals surface area contributed by atoms with Crippen LogP contribution in [-0.2, 0) is 23.8 Å². The van der Waals surface area contributed by atoms with Crippen molar-refractivity contribution in [3.63, 3.8) is 0 Å². The van der Waals surface area contributed by atoms with Crippen molar-refractivity contribution in [3.05, 3.63) is 0 Å². The standard InChI is InChI=1S/C12H19BrO5/c1-6-7(2)12(13)18-10(5-16-8(3)14)11(6)17-9(4)15/h6-7,10-12H,5H2,1-4H3/t6?,7-,10?,11+,12-/m0/s1. The molecule has 18 heavy (non-hydrogen) atoms. The number of alkyl halides is 1. The van der Waals surface area contributed by atoms with Crippen molar-refractivity contribution in [2.45, 2.75) is 44.9 Å². The molecule has 0 aromatic rings. The normalized spacial score (nSPS) is 35.9. The van der Waals surface area contributed by atoms with Gasteiger partial charge in [0, 0.05) is 19.8 Å². The molecule has 0 aromatic carbocycles. The van der Waals surface area contributed by atoms with E-state index in [-0.39, 0.29) is 35.4 Å². The molecule has 1 aliphatic heterocycles. The minimum absolute atomic E-state index is 0.0897. The van der Waals surface area contributed by atoms with Gasteiger partial charge in [-0.3, -0.25) is 9.59 Å². The Labute approximate surface area is 115 Å². The van der Waals surface area contributed by atoms with Gasteiger partial charge >= 0.3 is 11.9 Å². The maximum atomic E-state index is 11.1. The van der Waals surface area contributed by atoms with Gasteiger partial charge in [-0.15, -0.1) is 0 Å². The van der Waals surface area contributed by atoms with Crippen LogP contribution in [0, 0.1) is 11.8 Å². The van der Waals surface area contributed by atoms with Crippen molar-refractivity contribution in [3.8, 4) is 0 Å². The zero-order valence-corrected chi connectivity index (χ0v) is 12.6. The average molecular weight is 323 g/mol. The molecule has 104 valence electrons. The van der Waals surface area contributed by atoms with Crippen LogP contribution in [0.3, 0.4) is 0 Å². The van der Waals surface area contributed by atoms with Gasteiger partial charge in [0.05, 0.1) is 0 Å². The lowest BCUT2D eigenvalue weighted by atomic mass is 9.86. The Morgan fingerprint density at radius 2 is 1.78 bits per heavy atom. The monoisotopic (exact) mass is 322 g/mol. The van der Waals surface area contributed by atoms with Gasteiger partial charge in [0.15, 0.2) is 0 Å². The second kappa shape index (κ2) is 6.52. The second-order valence-electron chi connectivity index (χ2n) is 4.62. The molecule has 0 aromatic heterocycles. The second-order valence-corrected chi connectivity index (χ2v) is 5.52. The zero-order chi connectivity index (χ0) is 13.9. The molecule has 5 nitrogen and oxygen atoms in total. The summed E-state index contributed by atoms with van der Waals surface area (Å²) in [5, 5.41) is -0.139. The van der Waals surface area contributed by atoms with E-state index in [4.69, 9.17) is 14.2 Å². The van der Waals surface area contributed by atoms with Crippen LogP contribution in [-0.4, -0.2) is 35.8 Å².